The third-order valence-electron chi connectivity index (χ3n) is 3.25. The van der Waals surface area contributed by atoms with E-state index in [1.54, 1.807) is 12.0 Å². The summed E-state index contributed by atoms with van der Waals surface area (Å²) in [6, 6.07) is 0. The van der Waals surface area contributed by atoms with E-state index in [1.807, 2.05) is 0 Å². The Morgan fingerprint density at radius 1 is 1.75 bits per heavy atom. The minimum atomic E-state index is 0.861. The van der Waals surface area contributed by atoms with Crippen molar-refractivity contribution in [2.45, 2.75) is 19.8 Å². The number of rotatable bonds is 0. The molecule has 3 rings (SSSR count). The normalized spacial score (nSPS) is 63.9. The predicted molar refractivity (Wildman–Crippen MR) is 32.4 cm³/mol. The van der Waals surface area contributed by atoms with E-state index in [4.69, 9.17) is 0 Å². The lowest BCUT2D eigenvalue weighted by Crippen LogP contribution is -1.89. The topological polar surface area (TPSA) is 0 Å². The van der Waals surface area contributed by atoms with Crippen LogP contribution in [0.5, 0.6) is 0 Å². The molecule has 0 radical (unpaired) electrons. The summed E-state index contributed by atoms with van der Waals surface area (Å²) in [7, 11) is 0. The van der Waals surface area contributed by atoms with Crippen LogP contribution in [-0.2, 0) is 0 Å². The van der Waals surface area contributed by atoms with Gasteiger partial charge in [0.2, 0.25) is 0 Å². The number of allylic oxidation sites excluding steroid dienone is 2. The molecule has 3 aliphatic rings. The van der Waals surface area contributed by atoms with E-state index < -0.39 is 0 Å². The maximum atomic E-state index is 2.49. The van der Waals surface area contributed by atoms with Gasteiger partial charge in [0.1, 0.15) is 0 Å². The molecule has 0 N–H and O–H groups in total. The number of hydrogen-bond donors (Lipinski definition) is 0. The Balaban J connectivity index is 2.18. The summed E-state index contributed by atoms with van der Waals surface area (Å²) in [4.78, 5) is 0. The average Bonchev–Trinajstić information content (AvgIpc) is 2.51. The van der Waals surface area contributed by atoms with E-state index in [9.17, 15) is 0 Å². The van der Waals surface area contributed by atoms with Crippen LogP contribution in [0, 0.1) is 17.3 Å². The zero-order valence-electron chi connectivity index (χ0n) is 5.15. The van der Waals surface area contributed by atoms with Gasteiger partial charge in [0.15, 0.2) is 0 Å². The molecule has 0 heteroatoms. The first-order valence-electron chi connectivity index (χ1n) is 3.54. The summed E-state index contributed by atoms with van der Waals surface area (Å²) in [5.41, 5.74) is 2.66. The highest BCUT2D eigenvalue weighted by Crippen LogP contribution is 2.80. The van der Waals surface area contributed by atoms with Crippen LogP contribution in [0.1, 0.15) is 19.8 Å². The highest BCUT2D eigenvalue weighted by molar-refractivity contribution is 5.48. The van der Waals surface area contributed by atoms with Gasteiger partial charge in [0.05, 0.1) is 0 Å². The smallest absolute Gasteiger partial charge is 0.00131 e. The van der Waals surface area contributed by atoms with Crippen LogP contribution in [-0.4, -0.2) is 0 Å². The first kappa shape index (κ1) is 3.71. The second-order valence-electron chi connectivity index (χ2n) is 3.69. The van der Waals surface area contributed by atoms with Gasteiger partial charge in [0.25, 0.3) is 0 Å². The van der Waals surface area contributed by atoms with E-state index in [-0.39, 0.29) is 0 Å². The molecule has 0 aromatic carbocycles. The SMILES string of the molecule is C[C@@H]1C=C2CC23CC13. The maximum absolute atomic E-state index is 2.49. The Kier molecular flexibility index (Phi) is 0.327. The Labute approximate surface area is 49.6 Å². The zero-order chi connectivity index (χ0) is 5.35. The maximum Gasteiger partial charge on any atom is -0.00131 e. The van der Waals surface area contributed by atoms with Gasteiger partial charge in [-0.2, -0.15) is 0 Å². The molecule has 0 bridgehead atoms. The molecular formula is C8H10. The number of hydrogen-bond acceptors (Lipinski definition) is 0. The summed E-state index contributed by atoms with van der Waals surface area (Å²) >= 11 is 0. The zero-order valence-corrected chi connectivity index (χ0v) is 5.15. The highest BCUT2D eigenvalue weighted by atomic mass is 14.7. The molecule has 2 saturated carbocycles. The summed E-state index contributed by atoms with van der Waals surface area (Å²) in [6.45, 7) is 2.36. The second kappa shape index (κ2) is 0.706. The van der Waals surface area contributed by atoms with Gasteiger partial charge in [-0.25, -0.2) is 0 Å². The van der Waals surface area contributed by atoms with Gasteiger partial charge in [-0.05, 0) is 30.1 Å². The molecule has 0 amide bonds. The second-order valence-corrected chi connectivity index (χ2v) is 3.69. The van der Waals surface area contributed by atoms with Crippen molar-refractivity contribution in [3.8, 4) is 0 Å². The molecule has 42 valence electrons. The monoisotopic (exact) mass is 106 g/mol. The standard InChI is InChI=1S/C8H10/c1-5-2-6-3-8(6)4-7(5)8/h2,5,7H,3-4H2,1H3/t5-,7?,8?/m1/s1. The lowest BCUT2D eigenvalue weighted by molar-refractivity contribution is 0.595. The minimum Gasteiger partial charge on any atom is -0.0816 e. The fraction of sp³-hybridized carbons (Fsp3) is 0.750. The summed E-state index contributed by atoms with van der Waals surface area (Å²) < 4.78 is 0. The summed E-state index contributed by atoms with van der Waals surface area (Å²) in [5.74, 6) is 2.05. The Hall–Kier alpha value is -0.260. The van der Waals surface area contributed by atoms with Gasteiger partial charge >= 0.3 is 0 Å². The van der Waals surface area contributed by atoms with Crippen LogP contribution >= 0.6 is 0 Å². The van der Waals surface area contributed by atoms with Crippen LogP contribution < -0.4 is 0 Å². The molecule has 8 heavy (non-hydrogen) atoms. The van der Waals surface area contributed by atoms with Crippen molar-refractivity contribution in [2.75, 3.05) is 0 Å². The van der Waals surface area contributed by atoms with E-state index in [0.29, 0.717) is 0 Å². The first-order valence-corrected chi connectivity index (χ1v) is 3.54. The molecule has 2 unspecified atom stereocenters. The highest BCUT2D eigenvalue weighted by Gasteiger charge is 2.71. The van der Waals surface area contributed by atoms with Gasteiger partial charge in [-0.15, -0.1) is 0 Å². The molecule has 0 aromatic heterocycles. The molecule has 3 aliphatic carbocycles. The van der Waals surface area contributed by atoms with Crippen LogP contribution in [0.2, 0.25) is 0 Å². The molecular weight excluding hydrogens is 96.1 g/mol. The van der Waals surface area contributed by atoms with Crippen molar-refractivity contribution in [2.24, 2.45) is 17.3 Å². The van der Waals surface area contributed by atoms with Crippen molar-refractivity contribution < 1.29 is 0 Å². The lowest BCUT2D eigenvalue weighted by atomic mass is 10.1. The molecule has 2 fully saturated rings. The van der Waals surface area contributed by atoms with Crippen molar-refractivity contribution in [1.29, 1.82) is 0 Å². The van der Waals surface area contributed by atoms with Gasteiger partial charge in [-0.1, -0.05) is 18.6 Å². The van der Waals surface area contributed by atoms with Crippen molar-refractivity contribution in [3.05, 3.63) is 11.6 Å². The third kappa shape index (κ3) is 0.195. The average molecular weight is 106 g/mol. The minimum absolute atomic E-state index is 0.861. The van der Waals surface area contributed by atoms with E-state index >= 15 is 0 Å². The molecule has 0 heterocycles. The summed E-state index contributed by atoms with van der Waals surface area (Å²) in [5, 5.41) is 0. The van der Waals surface area contributed by atoms with Crippen molar-refractivity contribution >= 4 is 0 Å². The molecule has 1 spiro atoms. The lowest BCUT2D eigenvalue weighted by Gasteiger charge is -1.96. The molecule has 0 nitrogen and oxygen atoms in total. The fourth-order valence-electron chi connectivity index (χ4n) is 2.55. The third-order valence-corrected chi connectivity index (χ3v) is 3.25. The van der Waals surface area contributed by atoms with Gasteiger partial charge in [-0.3, -0.25) is 0 Å². The largest absolute Gasteiger partial charge is 0.0816 e. The van der Waals surface area contributed by atoms with Crippen LogP contribution in [0.4, 0.5) is 0 Å². The quantitative estimate of drug-likeness (QED) is 0.414. The van der Waals surface area contributed by atoms with Crippen LogP contribution in [0.25, 0.3) is 0 Å². The van der Waals surface area contributed by atoms with Crippen molar-refractivity contribution in [3.63, 3.8) is 0 Å². The molecule has 3 atom stereocenters. The molecule has 0 aromatic rings. The van der Waals surface area contributed by atoms with Crippen LogP contribution in [0.15, 0.2) is 11.6 Å². The van der Waals surface area contributed by atoms with Gasteiger partial charge in [0, 0.05) is 0 Å². The van der Waals surface area contributed by atoms with Crippen molar-refractivity contribution in [1.82, 2.24) is 0 Å². The predicted octanol–water partition coefficient (Wildman–Crippen LogP) is 1.97. The van der Waals surface area contributed by atoms with Crippen LogP contribution in [0.3, 0.4) is 0 Å². The summed E-state index contributed by atoms with van der Waals surface area (Å²) in [6.07, 6.45) is 5.51. The van der Waals surface area contributed by atoms with E-state index in [1.165, 1.54) is 6.42 Å². The Bertz CT molecular complexity index is 190. The first-order chi connectivity index (χ1) is 3.83. The Morgan fingerprint density at radius 3 is 2.88 bits per heavy atom. The molecule has 0 saturated heterocycles. The molecule has 0 aliphatic heterocycles. The Morgan fingerprint density at radius 2 is 2.62 bits per heavy atom. The fourth-order valence-corrected chi connectivity index (χ4v) is 2.55. The van der Waals surface area contributed by atoms with E-state index in [2.05, 4.69) is 13.0 Å². The van der Waals surface area contributed by atoms with E-state index in [0.717, 1.165) is 17.3 Å². The van der Waals surface area contributed by atoms with Gasteiger partial charge < -0.3 is 0 Å².